The summed E-state index contributed by atoms with van der Waals surface area (Å²) in [6, 6.07) is 17.1. The van der Waals surface area contributed by atoms with Crippen molar-refractivity contribution in [3.63, 3.8) is 0 Å². The molecular formula is C26H22N4O4. The standard InChI is InChI=1S/C26H22N4O4/c31-23-19-6-2-3-7-20(19)26(34-23)11-9-25(33,10-12-26)24(32)29-22-15-30(16-28-22)18-13-17-5-1-4-8-21(17)27-14-18/h1-8,13-16,33H,9-12H2,(H,29,32)/t25-,26-. The molecule has 1 spiro atoms. The van der Waals surface area contributed by atoms with Crippen LogP contribution in [-0.2, 0) is 15.1 Å². The van der Waals surface area contributed by atoms with Gasteiger partial charge in [0.2, 0.25) is 0 Å². The molecule has 170 valence electrons. The van der Waals surface area contributed by atoms with Gasteiger partial charge >= 0.3 is 5.97 Å². The quantitative estimate of drug-likeness (QED) is 0.457. The zero-order valence-electron chi connectivity index (χ0n) is 18.3. The third-order valence-electron chi connectivity index (χ3n) is 6.93. The average molecular weight is 454 g/mol. The largest absolute Gasteiger partial charge is 0.451 e. The average Bonchev–Trinajstić information content (AvgIpc) is 3.44. The second-order valence-electron chi connectivity index (χ2n) is 8.97. The van der Waals surface area contributed by atoms with Crippen LogP contribution in [0.2, 0.25) is 0 Å². The maximum atomic E-state index is 13.0. The van der Waals surface area contributed by atoms with Crippen LogP contribution in [0.5, 0.6) is 0 Å². The molecule has 0 atom stereocenters. The fraction of sp³-hybridized carbons (Fsp3) is 0.231. The van der Waals surface area contributed by atoms with Gasteiger partial charge in [0.15, 0.2) is 5.82 Å². The molecule has 1 aliphatic carbocycles. The Labute approximate surface area is 195 Å². The van der Waals surface area contributed by atoms with Crippen LogP contribution in [0.25, 0.3) is 16.6 Å². The molecule has 3 heterocycles. The van der Waals surface area contributed by atoms with Crippen LogP contribution in [0.1, 0.15) is 41.6 Å². The lowest BCUT2D eigenvalue weighted by atomic mass is 9.72. The number of esters is 1. The van der Waals surface area contributed by atoms with E-state index in [1.54, 1.807) is 35.4 Å². The number of anilines is 1. The van der Waals surface area contributed by atoms with E-state index in [9.17, 15) is 14.7 Å². The van der Waals surface area contributed by atoms with E-state index in [0.29, 0.717) is 24.2 Å². The summed E-state index contributed by atoms with van der Waals surface area (Å²) in [6.07, 6.45) is 6.12. The number of fused-ring (bicyclic) bond motifs is 3. The van der Waals surface area contributed by atoms with Crippen LogP contribution < -0.4 is 5.32 Å². The van der Waals surface area contributed by atoms with Crippen LogP contribution in [0.3, 0.4) is 0 Å². The van der Waals surface area contributed by atoms with Crippen LogP contribution in [-0.4, -0.2) is 37.1 Å². The summed E-state index contributed by atoms with van der Waals surface area (Å²) in [7, 11) is 0. The number of carbonyl (C=O) groups is 2. The van der Waals surface area contributed by atoms with Crippen LogP contribution in [0.4, 0.5) is 5.82 Å². The highest BCUT2D eigenvalue weighted by molar-refractivity contribution is 5.97. The zero-order valence-corrected chi connectivity index (χ0v) is 18.3. The molecule has 2 aromatic heterocycles. The zero-order chi connectivity index (χ0) is 23.3. The normalized spacial score (nSPS) is 23.6. The van der Waals surface area contributed by atoms with Crippen LogP contribution in [0, 0.1) is 0 Å². The Morgan fingerprint density at radius 2 is 1.79 bits per heavy atom. The Morgan fingerprint density at radius 3 is 2.65 bits per heavy atom. The van der Waals surface area contributed by atoms with Crippen molar-refractivity contribution in [2.75, 3.05) is 5.32 Å². The molecule has 0 bridgehead atoms. The maximum Gasteiger partial charge on any atom is 0.339 e. The Morgan fingerprint density at radius 1 is 1.03 bits per heavy atom. The number of ether oxygens (including phenoxy) is 1. The van der Waals surface area contributed by atoms with Crippen molar-refractivity contribution in [3.05, 3.63) is 84.4 Å². The van der Waals surface area contributed by atoms with Crippen molar-refractivity contribution < 1.29 is 19.4 Å². The number of hydrogen-bond donors (Lipinski definition) is 2. The number of carbonyl (C=O) groups excluding carboxylic acids is 2. The number of pyridine rings is 1. The summed E-state index contributed by atoms with van der Waals surface area (Å²) in [6.45, 7) is 0. The minimum atomic E-state index is -1.57. The molecule has 1 fully saturated rings. The SMILES string of the molecule is O=C1O[C@]2(CC[C@@](O)(C(=O)Nc3cn(-c4cnc5ccccc5c4)cn3)CC2)c2ccccc21. The van der Waals surface area contributed by atoms with Crippen molar-refractivity contribution >= 4 is 28.6 Å². The lowest BCUT2D eigenvalue weighted by Crippen LogP contribution is -2.49. The second kappa shape index (κ2) is 7.50. The van der Waals surface area contributed by atoms with Crippen molar-refractivity contribution in [3.8, 4) is 5.69 Å². The maximum absolute atomic E-state index is 13.0. The Bertz CT molecular complexity index is 1440. The highest BCUT2D eigenvalue weighted by Gasteiger charge is 2.52. The molecule has 0 unspecified atom stereocenters. The summed E-state index contributed by atoms with van der Waals surface area (Å²) >= 11 is 0. The van der Waals surface area contributed by atoms with E-state index >= 15 is 0 Å². The number of para-hydroxylation sites is 1. The third kappa shape index (κ3) is 3.26. The van der Waals surface area contributed by atoms with Crippen molar-refractivity contribution in [2.24, 2.45) is 0 Å². The predicted octanol–water partition coefficient (Wildman–Crippen LogP) is 3.73. The molecule has 8 heteroatoms. The lowest BCUT2D eigenvalue weighted by Gasteiger charge is -2.40. The number of aromatic nitrogens is 3. The fourth-order valence-corrected chi connectivity index (χ4v) is 4.97. The van der Waals surface area contributed by atoms with E-state index < -0.39 is 17.1 Å². The molecule has 2 N–H and O–H groups in total. The van der Waals surface area contributed by atoms with Gasteiger partial charge in [-0.2, -0.15) is 0 Å². The van der Waals surface area contributed by atoms with Gasteiger partial charge in [-0.05, 0) is 43.9 Å². The number of hydrogen-bond acceptors (Lipinski definition) is 6. The summed E-state index contributed by atoms with van der Waals surface area (Å²) < 4.78 is 7.50. The molecule has 0 radical (unpaired) electrons. The lowest BCUT2D eigenvalue weighted by molar-refractivity contribution is -0.144. The van der Waals surface area contributed by atoms with Crippen molar-refractivity contribution in [1.82, 2.24) is 14.5 Å². The monoisotopic (exact) mass is 454 g/mol. The molecular weight excluding hydrogens is 432 g/mol. The van der Waals surface area contributed by atoms with Crippen molar-refractivity contribution in [1.29, 1.82) is 0 Å². The fourth-order valence-electron chi connectivity index (χ4n) is 4.97. The highest BCUT2D eigenvalue weighted by Crippen LogP contribution is 2.49. The van der Waals surface area contributed by atoms with Crippen LogP contribution >= 0.6 is 0 Å². The summed E-state index contributed by atoms with van der Waals surface area (Å²) in [5, 5.41) is 14.8. The first-order chi connectivity index (χ1) is 16.5. The number of imidazole rings is 1. The van der Waals surface area contributed by atoms with Gasteiger partial charge in [0.05, 0.1) is 29.2 Å². The Balaban J connectivity index is 1.17. The Kier molecular flexibility index (Phi) is 4.53. The molecule has 1 saturated carbocycles. The van der Waals surface area contributed by atoms with E-state index in [4.69, 9.17) is 4.74 Å². The summed E-state index contributed by atoms with van der Waals surface area (Å²) in [5.74, 6) is -0.523. The third-order valence-corrected chi connectivity index (χ3v) is 6.93. The molecule has 1 amide bonds. The van der Waals surface area contributed by atoms with E-state index in [1.807, 2.05) is 42.5 Å². The van der Waals surface area contributed by atoms with Gasteiger partial charge in [-0.25, -0.2) is 9.78 Å². The van der Waals surface area contributed by atoms with Gasteiger partial charge in [-0.1, -0.05) is 36.4 Å². The first kappa shape index (κ1) is 20.6. The first-order valence-corrected chi connectivity index (χ1v) is 11.2. The minimum absolute atomic E-state index is 0.176. The Hall–Kier alpha value is -4.04. The number of rotatable bonds is 3. The molecule has 4 aromatic rings. The molecule has 6 rings (SSSR count). The highest BCUT2D eigenvalue weighted by atomic mass is 16.6. The predicted molar refractivity (Wildman–Crippen MR) is 124 cm³/mol. The molecule has 34 heavy (non-hydrogen) atoms. The molecule has 8 nitrogen and oxygen atoms in total. The van der Waals surface area contributed by atoms with E-state index in [0.717, 1.165) is 22.2 Å². The minimum Gasteiger partial charge on any atom is -0.451 e. The van der Waals surface area contributed by atoms with Gasteiger partial charge < -0.3 is 19.7 Å². The number of nitrogens with one attached hydrogen (secondary N) is 1. The van der Waals surface area contributed by atoms with E-state index in [1.165, 1.54) is 0 Å². The number of amides is 1. The number of benzene rings is 2. The molecule has 2 aromatic carbocycles. The van der Waals surface area contributed by atoms with E-state index in [-0.39, 0.29) is 18.8 Å². The van der Waals surface area contributed by atoms with Gasteiger partial charge in [0.1, 0.15) is 17.5 Å². The summed E-state index contributed by atoms with van der Waals surface area (Å²) in [5.41, 5.74) is 0.768. The van der Waals surface area contributed by atoms with Gasteiger partial charge in [0.25, 0.3) is 5.91 Å². The van der Waals surface area contributed by atoms with Crippen molar-refractivity contribution in [2.45, 2.75) is 36.9 Å². The smallest absolute Gasteiger partial charge is 0.339 e. The number of aliphatic hydroxyl groups is 1. The van der Waals surface area contributed by atoms with Crippen LogP contribution in [0.15, 0.2) is 73.3 Å². The summed E-state index contributed by atoms with van der Waals surface area (Å²) in [4.78, 5) is 34.0. The molecule has 0 saturated heterocycles. The van der Waals surface area contributed by atoms with Gasteiger partial charge in [0, 0.05) is 10.9 Å². The van der Waals surface area contributed by atoms with Gasteiger partial charge in [-0.3, -0.25) is 9.78 Å². The molecule has 1 aliphatic heterocycles. The molecule has 2 aliphatic rings. The van der Waals surface area contributed by atoms with Gasteiger partial charge in [-0.15, -0.1) is 0 Å². The number of nitrogens with zero attached hydrogens (tertiary/aromatic N) is 3. The second-order valence-corrected chi connectivity index (χ2v) is 8.97. The topological polar surface area (TPSA) is 106 Å². The van der Waals surface area contributed by atoms with E-state index in [2.05, 4.69) is 15.3 Å². The first-order valence-electron chi connectivity index (χ1n) is 11.2.